The zero-order chi connectivity index (χ0) is 17.4. The summed E-state index contributed by atoms with van der Waals surface area (Å²) in [6.45, 7) is 0. The van der Waals surface area contributed by atoms with E-state index in [-0.39, 0.29) is 20.3 Å². The molecule has 0 saturated heterocycles. The van der Waals surface area contributed by atoms with Gasteiger partial charge in [-0.3, -0.25) is 0 Å². The summed E-state index contributed by atoms with van der Waals surface area (Å²) in [6, 6.07) is 13.1. The van der Waals surface area contributed by atoms with Gasteiger partial charge in [-0.15, -0.1) is 0 Å². The molecule has 126 valence electrons. The molecule has 0 aliphatic rings. The van der Waals surface area contributed by atoms with Crippen LogP contribution in [0, 0.1) is 0 Å². The molecule has 0 aliphatic heterocycles. The Hall–Kier alpha value is -2.76. The van der Waals surface area contributed by atoms with E-state index in [0.29, 0.717) is 5.76 Å². The third-order valence-electron chi connectivity index (χ3n) is 3.83. The molecule has 0 aliphatic carbocycles. The van der Waals surface area contributed by atoms with Crippen molar-refractivity contribution in [2.45, 2.75) is 0 Å². The Morgan fingerprint density at radius 3 is 2.64 bits per heavy atom. The molecule has 3 heterocycles. The standard InChI is InChI=1S/C18H14N2O4Se/c1-22-12-5-3-11(4-6-12)20-13-9-10-25-17(13)16(19-20)14-7-8-15(24-14)18(21)23-2/h3-10H,1-2H3. The van der Waals surface area contributed by atoms with Gasteiger partial charge in [-0.2, -0.15) is 0 Å². The Kier molecular flexibility index (Phi) is 3.95. The number of rotatable bonds is 4. The Morgan fingerprint density at radius 2 is 1.92 bits per heavy atom. The fourth-order valence-electron chi connectivity index (χ4n) is 2.60. The van der Waals surface area contributed by atoms with Gasteiger partial charge in [0.25, 0.3) is 0 Å². The molecule has 0 atom stereocenters. The van der Waals surface area contributed by atoms with Gasteiger partial charge in [-0.05, 0) is 0 Å². The van der Waals surface area contributed by atoms with E-state index in [1.807, 2.05) is 28.9 Å². The number of benzene rings is 1. The summed E-state index contributed by atoms with van der Waals surface area (Å²) in [5, 5.41) is 4.72. The van der Waals surface area contributed by atoms with Crippen molar-refractivity contribution in [3.05, 3.63) is 53.2 Å². The molecule has 4 rings (SSSR count). The van der Waals surface area contributed by atoms with Crippen molar-refractivity contribution >= 4 is 30.2 Å². The summed E-state index contributed by atoms with van der Waals surface area (Å²) in [7, 11) is 2.97. The monoisotopic (exact) mass is 402 g/mol. The third kappa shape index (κ3) is 2.67. The van der Waals surface area contributed by atoms with Crippen LogP contribution in [0.25, 0.3) is 26.9 Å². The summed E-state index contributed by atoms with van der Waals surface area (Å²) >= 11 is 0.174. The molecular weight excluding hydrogens is 387 g/mol. The van der Waals surface area contributed by atoms with E-state index < -0.39 is 5.97 Å². The first-order valence-electron chi connectivity index (χ1n) is 7.50. The Morgan fingerprint density at radius 1 is 1.12 bits per heavy atom. The van der Waals surface area contributed by atoms with Gasteiger partial charge < -0.3 is 0 Å². The van der Waals surface area contributed by atoms with Crippen LogP contribution in [0.4, 0.5) is 0 Å². The Labute approximate surface area is 149 Å². The molecule has 0 saturated carbocycles. The number of carbonyl (C=O) groups excluding carboxylic acids is 1. The first-order valence-corrected chi connectivity index (χ1v) is 9.35. The van der Waals surface area contributed by atoms with E-state index in [2.05, 4.69) is 11.0 Å². The van der Waals surface area contributed by atoms with Gasteiger partial charge in [-0.1, -0.05) is 0 Å². The van der Waals surface area contributed by atoms with Gasteiger partial charge in [0.05, 0.1) is 0 Å². The zero-order valence-electron chi connectivity index (χ0n) is 13.6. The number of carbonyl (C=O) groups is 1. The minimum atomic E-state index is -0.499. The van der Waals surface area contributed by atoms with Crippen LogP contribution < -0.4 is 4.74 Å². The van der Waals surface area contributed by atoms with Gasteiger partial charge in [0.15, 0.2) is 0 Å². The first-order chi connectivity index (χ1) is 12.2. The molecule has 0 amide bonds. The number of hydrogen-bond acceptors (Lipinski definition) is 5. The molecule has 3 aromatic heterocycles. The molecule has 25 heavy (non-hydrogen) atoms. The van der Waals surface area contributed by atoms with Crippen LogP contribution >= 0.6 is 0 Å². The number of methoxy groups -OCH3 is 2. The van der Waals surface area contributed by atoms with Crippen LogP contribution in [-0.2, 0) is 4.74 Å². The molecule has 7 heteroatoms. The van der Waals surface area contributed by atoms with Crippen molar-refractivity contribution in [1.29, 1.82) is 0 Å². The average Bonchev–Trinajstić information content (AvgIpc) is 3.37. The zero-order valence-corrected chi connectivity index (χ0v) is 15.3. The van der Waals surface area contributed by atoms with Crippen LogP contribution in [-0.4, -0.2) is 44.5 Å². The molecular formula is C18H14N2O4Se. The van der Waals surface area contributed by atoms with Crippen molar-refractivity contribution in [3.8, 4) is 22.9 Å². The summed E-state index contributed by atoms with van der Waals surface area (Å²) in [5.74, 6) is 1.03. The second-order valence-corrected chi connectivity index (χ2v) is 7.17. The quantitative estimate of drug-likeness (QED) is 0.388. The third-order valence-corrected chi connectivity index (χ3v) is 5.74. The maximum atomic E-state index is 11.6. The first kappa shape index (κ1) is 15.7. The number of aromatic nitrogens is 2. The molecule has 0 bridgehead atoms. The Balaban J connectivity index is 1.82. The van der Waals surface area contributed by atoms with E-state index in [1.54, 1.807) is 19.2 Å². The molecule has 0 fully saturated rings. The minimum absolute atomic E-state index is 0.170. The van der Waals surface area contributed by atoms with Gasteiger partial charge >= 0.3 is 149 Å². The van der Waals surface area contributed by atoms with E-state index in [4.69, 9.17) is 19.0 Å². The van der Waals surface area contributed by atoms with Gasteiger partial charge in [-0.25, -0.2) is 0 Å². The van der Waals surface area contributed by atoms with Gasteiger partial charge in [0.2, 0.25) is 0 Å². The summed E-state index contributed by atoms with van der Waals surface area (Å²) in [6.07, 6.45) is 0. The Bertz CT molecular complexity index is 1040. The van der Waals surface area contributed by atoms with Crippen LogP contribution in [0.3, 0.4) is 0 Å². The van der Waals surface area contributed by atoms with Crippen LogP contribution in [0.5, 0.6) is 5.75 Å². The predicted octanol–water partition coefficient (Wildman–Crippen LogP) is 3.14. The molecule has 1 aromatic carbocycles. The van der Waals surface area contributed by atoms with Crippen molar-refractivity contribution in [3.63, 3.8) is 0 Å². The number of esters is 1. The normalized spacial score (nSPS) is 11.0. The van der Waals surface area contributed by atoms with Gasteiger partial charge in [0, 0.05) is 0 Å². The van der Waals surface area contributed by atoms with Crippen molar-refractivity contribution in [2.75, 3.05) is 14.2 Å². The SMILES string of the molecule is COC(=O)c1ccc(-c2nn(-c3ccc(OC)cc3)c3cc[se]c23)o1. The van der Waals surface area contributed by atoms with Gasteiger partial charge in [0.1, 0.15) is 0 Å². The molecule has 0 radical (unpaired) electrons. The molecule has 0 N–H and O–H groups in total. The van der Waals surface area contributed by atoms with E-state index in [0.717, 1.165) is 26.9 Å². The predicted molar refractivity (Wildman–Crippen MR) is 93.6 cm³/mol. The molecule has 4 aromatic rings. The van der Waals surface area contributed by atoms with Crippen LogP contribution in [0.2, 0.25) is 0 Å². The fraction of sp³-hybridized carbons (Fsp3) is 0.111. The summed E-state index contributed by atoms with van der Waals surface area (Å²) < 4.78 is 18.6. The van der Waals surface area contributed by atoms with E-state index in [1.165, 1.54) is 7.11 Å². The average molecular weight is 401 g/mol. The molecule has 0 spiro atoms. The topological polar surface area (TPSA) is 66.5 Å². The van der Waals surface area contributed by atoms with Crippen molar-refractivity contribution in [1.82, 2.24) is 9.78 Å². The van der Waals surface area contributed by atoms with Crippen LogP contribution in [0.1, 0.15) is 10.6 Å². The van der Waals surface area contributed by atoms with Crippen LogP contribution in [0.15, 0.2) is 51.8 Å². The maximum absolute atomic E-state index is 11.6. The van der Waals surface area contributed by atoms with Crippen molar-refractivity contribution in [2.24, 2.45) is 0 Å². The summed E-state index contributed by atoms with van der Waals surface area (Å²) in [5.41, 5.74) is 2.73. The second-order valence-electron chi connectivity index (χ2n) is 5.25. The number of hydrogen-bond donors (Lipinski definition) is 0. The number of fused-ring (bicyclic) bond motifs is 1. The van der Waals surface area contributed by atoms with Crippen molar-refractivity contribution < 1.29 is 18.7 Å². The molecule has 6 nitrogen and oxygen atoms in total. The number of nitrogens with zero attached hydrogens (tertiary/aromatic N) is 2. The number of ether oxygens (including phenoxy) is 2. The fourth-order valence-corrected chi connectivity index (χ4v) is 4.41. The second kappa shape index (κ2) is 6.27. The number of furan rings is 1. The van der Waals surface area contributed by atoms with E-state index in [9.17, 15) is 4.79 Å². The summed E-state index contributed by atoms with van der Waals surface area (Å²) in [4.78, 5) is 13.8. The van der Waals surface area contributed by atoms with E-state index >= 15 is 0 Å². The molecule has 0 unspecified atom stereocenters.